The number of nitrogens with one attached hydrogen (secondary N) is 1. The van der Waals surface area contributed by atoms with Crippen LogP contribution in [-0.2, 0) is 0 Å². The zero-order valence-electron chi connectivity index (χ0n) is 13.7. The molecule has 1 atom stereocenters. The fraction of sp³-hybridized carbons (Fsp3) is 0.316. The molecule has 1 aliphatic rings. The van der Waals surface area contributed by atoms with Gasteiger partial charge in [-0.05, 0) is 43.9 Å². The molecule has 3 N–H and O–H groups in total. The number of carbonyl (C=O) groups excluding carboxylic acids is 2. The van der Waals surface area contributed by atoms with Crippen molar-refractivity contribution in [1.29, 1.82) is 0 Å². The second-order valence-corrected chi connectivity index (χ2v) is 6.16. The van der Waals surface area contributed by atoms with Crippen LogP contribution in [0, 0.1) is 0 Å². The molecule has 0 saturated carbocycles. The Hall–Kier alpha value is -2.53. The van der Waals surface area contributed by atoms with Gasteiger partial charge in [-0.1, -0.05) is 24.3 Å². The number of rotatable bonds is 4. The van der Waals surface area contributed by atoms with E-state index in [0.29, 0.717) is 16.8 Å². The van der Waals surface area contributed by atoms with Crippen LogP contribution in [0.3, 0.4) is 0 Å². The van der Waals surface area contributed by atoms with Crippen molar-refractivity contribution in [2.45, 2.75) is 25.7 Å². The van der Waals surface area contributed by atoms with Crippen molar-refractivity contribution in [2.24, 2.45) is 0 Å². The lowest BCUT2D eigenvalue weighted by Gasteiger charge is -2.25. The summed E-state index contributed by atoms with van der Waals surface area (Å²) in [5.41, 5.74) is 9.49. The van der Waals surface area contributed by atoms with Crippen molar-refractivity contribution >= 4 is 17.9 Å². The highest BCUT2D eigenvalue weighted by Crippen LogP contribution is 2.33. The summed E-state index contributed by atoms with van der Waals surface area (Å²) in [5.74, 6) is 0.391. The van der Waals surface area contributed by atoms with Crippen LogP contribution in [-0.4, -0.2) is 30.1 Å². The molecule has 1 saturated heterocycles. The Morgan fingerprint density at radius 3 is 2.83 bits per heavy atom. The van der Waals surface area contributed by atoms with Crippen LogP contribution in [0.15, 0.2) is 30.3 Å². The lowest BCUT2D eigenvalue weighted by Crippen LogP contribution is -2.29. The SMILES string of the molecule is CC(=O)c1c(C2CCCNC2)cc(-c2ccccc2C=O)nc1N. The van der Waals surface area contributed by atoms with Gasteiger partial charge in [0.15, 0.2) is 12.1 Å². The van der Waals surface area contributed by atoms with E-state index in [-0.39, 0.29) is 17.5 Å². The summed E-state index contributed by atoms with van der Waals surface area (Å²) in [7, 11) is 0. The van der Waals surface area contributed by atoms with Gasteiger partial charge in [-0.25, -0.2) is 4.98 Å². The highest BCUT2D eigenvalue weighted by atomic mass is 16.1. The average Bonchev–Trinajstić information content (AvgIpc) is 2.61. The third-order valence-electron chi connectivity index (χ3n) is 4.53. The fourth-order valence-electron chi connectivity index (χ4n) is 3.38. The van der Waals surface area contributed by atoms with E-state index in [1.807, 2.05) is 24.3 Å². The van der Waals surface area contributed by atoms with Crippen molar-refractivity contribution in [3.8, 4) is 11.3 Å². The molecule has 24 heavy (non-hydrogen) atoms. The molecule has 5 nitrogen and oxygen atoms in total. The van der Waals surface area contributed by atoms with Gasteiger partial charge in [0.05, 0.1) is 11.3 Å². The predicted molar refractivity (Wildman–Crippen MR) is 94.3 cm³/mol. The van der Waals surface area contributed by atoms with Crippen LogP contribution in [0.4, 0.5) is 5.82 Å². The molecule has 0 spiro atoms. The summed E-state index contributed by atoms with van der Waals surface area (Å²) in [5, 5.41) is 3.37. The number of hydrogen-bond donors (Lipinski definition) is 2. The second kappa shape index (κ2) is 6.93. The molecule has 1 aromatic heterocycles. The van der Waals surface area contributed by atoms with Gasteiger partial charge < -0.3 is 11.1 Å². The number of piperidine rings is 1. The third-order valence-corrected chi connectivity index (χ3v) is 4.53. The lowest BCUT2D eigenvalue weighted by molar-refractivity contribution is 0.101. The molecule has 2 aromatic rings. The van der Waals surface area contributed by atoms with Crippen molar-refractivity contribution < 1.29 is 9.59 Å². The highest BCUT2D eigenvalue weighted by molar-refractivity contribution is 6.00. The molecule has 2 heterocycles. The van der Waals surface area contributed by atoms with Crippen LogP contribution in [0.2, 0.25) is 0 Å². The molecule has 1 aromatic carbocycles. The van der Waals surface area contributed by atoms with Crippen molar-refractivity contribution in [1.82, 2.24) is 10.3 Å². The number of nitrogens with zero attached hydrogens (tertiary/aromatic N) is 1. The summed E-state index contributed by atoms with van der Waals surface area (Å²) in [4.78, 5) is 27.8. The monoisotopic (exact) mass is 323 g/mol. The zero-order valence-corrected chi connectivity index (χ0v) is 13.7. The lowest BCUT2D eigenvalue weighted by atomic mass is 9.86. The first-order valence-electron chi connectivity index (χ1n) is 8.18. The molecule has 124 valence electrons. The van der Waals surface area contributed by atoms with Gasteiger partial charge in [-0.2, -0.15) is 0 Å². The van der Waals surface area contributed by atoms with Gasteiger partial charge in [0, 0.05) is 17.7 Å². The Morgan fingerprint density at radius 1 is 1.38 bits per heavy atom. The van der Waals surface area contributed by atoms with Crippen LogP contribution < -0.4 is 11.1 Å². The summed E-state index contributed by atoms with van der Waals surface area (Å²) in [6.07, 6.45) is 2.88. The maximum Gasteiger partial charge on any atom is 0.163 e. The molecular weight excluding hydrogens is 302 g/mol. The first-order valence-corrected chi connectivity index (χ1v) is 8.18. The normalized spacial score (nSPS) is 17.5. The number of nitrogens with two attached hydrogens (primary N) is 1. The van der Waals surface area contributed by atoms with Gasteiger partial charge in [-0.15, -0.1) is 0 Å². The molecule has 1 unspecified atom stereocenters. The van der Waals surface area contributed by atoms with E-state index >= 15 is 0 Å². The van der Waals surface area contributed by atoms with E-state index < -0.39 is 0 Å². The Kier molecular flexibility index (Phi) is 4.71. The van der Waals surface area contributed by atoms with E-state index in [4.69, 9.17) is 5.73 Å². The third kappa shape index (κ3) is 3.08. The van der Waals surface area contributed by atoms with Crippen molar-refractivity contribution in [3.63, 3.8) is 0 Å². The van der Waals surface area contributed by atoms with Crippen molar-refractivity contribution in [2.75, 3.05) is 18.8 Å². The number of benzene rings is 1. The maximum atomic E-state index is 12.1. The van der Waals surface area contributed by atoms with Gasteiger partial charge in [0.2, 0.25) is 0 Å². The molecule has 0 radical (unpaired) electrons. The molecule has 0 aliphatic carbocycles. The number of carbonyl (C=O) groups is 2. The second-order valence-electron chi connectivity index (χ2n) is 6.16. The van der Waals surface area contributed by atoms with Crippen LogP contribution in [0.25, 0.3) is 11.3 Å². The zero-order chi connectivity index (χ0) is 17.1. The van der Waals surface area contributed by atoms with E-state index in [1.165, 1.54) is 6.92 Å². The van der Waals surface area contributed by atoms with E-state index in [2.05, 4.69) is 10.3 Å². The topological polar surface area (TPSA) is 85.1 Å². The minimum absolute atomic E-state index is 0.0733. The van der Waals surface area contributed by atoms with Gasteiger partial charge in [-0.3, -0.25) is 9.59 Å². The summed E-state index contributed by atoms with van der Waals surface area (Å²) in [6.45, 7) is 3.33. The number of Topliss-reactive ketones (excluding diaryl/α,β-unsaturated/α-hetero) is 1. The van der Waals surface area contributed by atoms with Crippen LogP contribution in [0.5, 0.6) is 0 Å². The number of nitrogen functional groups attached to an aromatic ring is 1. The predicted octanol–water partition coefficient (Wildman–Crippen LogP) is 2.81. The quantitative estimate of drug-likeness (QED) is 0.667. The number of hydrogen-bond acceptors (Lipinski definition) is 5. The Morgan fingerprint density at radius 2 is 2.17 bits per heavy atom. The number of aromatic nitrogens is 1. The molecule has 3 rings (SSSR count). The van der Waals surface area contributed by atoms with Crippen LogP contribution in [0.1, 0.15) is 52.0 Å². The van der Waals surface area contributed by atoms with Crippen LogP contribution >= 0.6 is 0 Å². The van der Waals surface area contributed by atoms with E-state index in [9.17, 15) is 9.59 Å². The largest absolute Gasteiger partial charge is 0.383 e. The van der Waals surface area contributed by atoms with Gasteiger partial charge >= 0.3 is 0 Å². The minimum atomic E-state index is -0.0733. The molecule has 0 amide bonds. The summed E-state index contributed by atoms with van der Waals surface area (Å²) in [6, 6.07) is 9.20. The average molecular weight is 323 g/mol. The summed E-state index contributed by atoms with van der Waals surface area (Å²) < 4.78 is 0. The molecule has 5 heteroatoms. The summed E-state index contributed by atoms with van der Waals surface area (Å²) >= 11 is 0. The van der Waals surface area contributed by atoms with Gasteiger partial charge in [0.25, 0.3) is 0 Å². The van der Waals surface area contributed by atoms with E-state index in [1.54, 1.807) is 6.07 Å². The molecule has 1 aliphatic heterocycles. The Labute approximate surface area is 141 Å². The number of pyridine rings is 1. The Bertz CT molecular complexity index is 780. The first kappa shape index (κ1) is 16.3. The fourth-order valence-corrected chi connectivity index (χ4v) is 3.38. The first-order chi connectivity index (χ1) is 11.6. The molecule has 0 bridgehead atoms. The Balaban J connectivity index is 2.17. The minimum Gasteiger partial charge on any atom is -0.383 e. The molecule has 1 fully saturated rings. The van der Waals surface area contributed by atoms with E-state index in [0.717, 1.165) is 43.3 Å². The standard InChI is InChI=1S/C19H21N3O2/c1-12(24)18-16(13-6-4-8-21-10-13)9-17(22-19(18)20)15-7-3-2-5-14(15)11-23/h2-3,5,7,9,11,13,21H,4,6,8,10H2,1H3,(H2,20,22). The van der Waals surface area contributed by atoms with Gasteiger partial charge in [0.1, 0.15) is 5.82 Å². The molecular formula is C19H21N3O2. The highest BCUT2D eigenvalue weighted by Gasteiger charge is 2.24. The smallest absolute Gasteiger partial charge is 0.163 e. The maximum absolute atomic E-state index is 12.1. The van der Waals surface area contributed by atoms with Crippen molar-refractivity contribution in [3.05, 3.63) is 47.0 Å². The number of anilines is 1. The number of aldehydes is 1. The number of ketones is 1.